The molecule has 136 valence electrons. The Bertz CT molecular complexity index is 1150. The van der Waals surface area contributed by atoms with Crippen molar-refractivity contribution in [3.05, 3.63) is 48.2 Å². The lowest BCUT2D eigenvalue weighted by Crippen LogP contribution is -2.04. The predicted octanol–water partition coefficient (Wildman–Crippen LogP) is 4.84. The summed E-state index contributed by atoms with van der Waals surface area (Å²) in [4.78, 5) is 4.73. The van der Waals surface area contributed by atoms with E-state index >= 15 is 0 Å². The van der Waals surface area contributed by atoms with Gasteiger partial charge in [0.1, 0.15) is 28.5 Å². The second kappa shape index (κ2) is 7.04. The number of nitrogens with one attached hydrogen (secondary N) is 1. The van der Waals surface area contributed by atoms with Crippen molar-refractivity contribution < 1.29 is 9.15 Å². The van der Waals surface area contributed by atoms with Crippen LogP contribution in [0.15, 0.2) is 47.0 Å². The number of fused-ring (bicyclic) bond motifs is 2. The van der Waals surface area contributed by atoms with Gasteiger partial charge >= 0.3 is 0 Å². The number of rotatable bonds is 6. The van der Waals surface area contributed by atoms with E-state index in [0.717, 1.165) is 47.6 Å². The number of benzene rings is 1. The molecule has 27 heavy (non-hydrogen) atoms. The average Bonchev–Trinajstić information content (AvgIpc) is 3.28. The van der Waals surface area contributed by atoms with Crippen molar-refractivity contribution in [3.63, 3.8) is 0 Å². The number of hydrogen-bond donors (Lipinski definition) is 1. The molecule has 0 aliphatic carbocycles. The SMILES string of the molecule is CCCCNc1c(-c2cc3cc(OC)ccc3o2)nc2cc(C#N)ccn12. The van der Waals surface area contributed by atoms with E-state index in [4.69, 9.17) is 14.1 Å². The fourth-order valence-corrected chi connectivity index (χ4v) is 3.10. The van der Waals surface area contributed by atoms with E-state index in [1.807, 2.05) is 34.9 Å². The van der Waals surface area contributed by atoms with Crippen molar-refractivity contribution in [1.29, 1.82) is 5.26 Å². The molecule has 0 amide bonds. The molecule has 0 fully saturated rings. The maximum absolute atomic E-state index is 9.18. The van der Waals surface area contributed by atoms with Crippen LogP contribution in [-0.4, -0.2) is 23.0 Å². The van der Waals surface area contributed by atoms with Crippen molar-refractivity contribution >= 4 is 22.4 Å². The van der Waals surface area contributed by atoms with Crippen LogP contribution in [0.2, 0.25) is 0 Å². The fourth-order valence-electron chi connectivity index (χ4n) is 3.10. The second-order valence-corrected chi connectivity index (χ2v) is 6.36. The van der Waals surface area contributed by atoms with Crippen LogP contribution in [-0.2, 0) is 0 Å². The third-order valence-electron chi connectivity index (χ3n) is 4.53. The topological polar surface area (TPSA) is 75.5 Å². The smallest absolute Gasteiger partial charge is 0.157 e. The van der Waals surface area contributed by atoms with E-state index in [-0.39, 0.29) is 0 Å². The molecule has 3 aromatic heterocycles. The highest BCUT2D eigenvalue weighted by atomic mass is 16.5. The molecule has 3 heterocycles. The lowest BCUT2D eigenvalue weighted by Gasteiger charge is -2.07. The Kier molecular flexibility index (Phi) is 4.43. The highest BCUT2D eigenvalue weighted by Crippen LogP contribution is 2.34. The summed E-state index contributed by atoms with van der Waals surface area (Å²) >= 11 is 0. The Morgan fingerprint density at radius 2 is 2.15 bits per heavy atom. The third-order valence-corrected chi connectivity index (χ3v) is 4.53. The summed E-state index contributed by atoms with van der Waals surface area (Å²) < 4.78 is 13.3. The monoisotopic (exact) mass is 360 g/mol. The van der Waals surface area contributed by atoms with Crippen molar-refractivity contribution in [1.82, 2.24) is 9.38 Å². The molecule has 4 rings (SSSR count). The Balaban J connectivity index is 1.86. The molecule has 0 saturated heterocycles. The van der Waals surface area contributed by atoms with E-state index in [1.54, 1.807) is 19.2 Å². The minimum absolute atomic E-state index is 0.577. The zero-order valence-corrected chi connectivity index (χ0v) is 15.3. The number of ether oxygens (including phenoxy) is 1. The largest absolute Gasteiger partial charge is 0.497 e. The molecule has 0 atom stereocenters. The summed E-state index contributed by atoms with van der Waals surface area (Å²) in [5.41, 5.74) is 2.80. The molecule has 4 aromatic rings. The zero-order chi connectivity index (χ0) is 18.8. The van der Waals surface area contributed by atoms with Gasteiger partial charge in [-0.15, -0.1) is 0 Å². The molecule has 0 saturated carbocycles. The lowest BCUT2D eigenvalue weighted by molar-refractivity contribution is 0.415. The van der Waals surface area contributed by atoms with Gasteiger partial charge in [0.05, 0.1) is 18.7 Å². The minimum atomic E-state index is 0.577. The van der Waals surface area contributed by atoms with Crippen LogP contribution in [0.25, 0.3) is 28.1 Å². The Labute approximate surface area is 157 Å². The molecule has 0 bridgehead atoms. The van der Waals surface area contributed by atoms with Gasteiger partial charge in [0.25, 0.3) is 0 Å². The average molecular weight is 360 g/mol. The Morgan fingerprint density at radius 1 is 1.26 bits per heavy atom. The fraction of sp³-hybridized carbons (Fsp3) is 0.238. The number of imidazole rings is 1. The number of methoxy groups -OCH3 is 1. The van der Waals surface area contributed by atoms with Crippen LogP contribution < -0.4 is 10.1 Å². The van der Waals surface area contributed by atoms with Crippen LogP contribution >= 0.6 is 0 Å². The molecule has 1 N–H and O–H groups in total. The van der Waals surface area contributed by atoms with Crippen LogP contribution in [0, 0.1) is 11.3 Å². The zero-order valence-electron chi connectivity index (χ0n) is 15.3. The van der Waals surface area contributed by atoms with Crippen LogP contribution in [0.5, 0.6) is 5.75 Å². The number of unbranched alkanes of at least 4 members (excludes halogenated alkanes) is 1. The maximum atomic E-state index is 9.18. The third kappa shape index (κ3) is 3.08. The molecule has 6 nitrogen and oxygen atoms in total. The van der Waals surface area contributed by atoms with Crippen LogP contribution in [0.3, 0.4) is 0 Å². The van der Waals surface area contributed by atoms with Crippen molar-refractivity contribution in [2.24, 2.45) is 0 Å². The number of aromatic nitrogens is 2. The van der Waals surface area contributed by atoms with E-state index in [2.05, 4.69) is 18.3 Å². The van der Waals surface area contributed by atoms with E-state index in [1.165, 1.54) is 0 Å². The first-order valence-corrected chi connectivity index (χ1v) is 8.97. The quantitative estimate of drug-likeness (QED) is 0.498. The van der Waals surface area contributed by atoms with Gasteiger partial charge in [0.2, 0.25) is 0 Å². The number of pyridine rings is 1. The van der Waals surface area contributed by atoms with Gasteiger partial charge in [0, 0.05) is 18.1 Å². The van der Waals surface area contributed by atoms with Gasteiger partial charge in [-0.2, -0.15) is 5.26 Å². The molecular weight excluding hydrogens is 340 g/mol. The Morgan fingerprint density at radius 3 is 2.93 bits per heavy atom. The number of nitriles is 1. The second-order valence-electron chi connectivity index (χ2n) is 6.36. The number of hydrogen-bond acceptors (Lipinski definition) is 5. The van der Waals surface area contributed by atoms with Gasteiger partial charge in [-0.05, 0) is 42.8 Å². The Hall–Kier alpha value is -3.46. The van der Waals surface area contributed by atoms with Gasteiger partial charge < -0.3 is 14.5 Å². The molecular formula is C21H20N4O2. The predicted molar refractivity (Wildman–Crippen MR) is 105 cm³/mol. The normalized spacial score (nSPS) is 11.0. The summed E-state index contributed by atoms with van der Waals surface area (Å²) in [6.45, 7) is 2.99. The van der Waals surface area contributed by atoms with Crippen molar-refractivity contribution in [2.45, 2.75) is 19.8 Å². The molecule has 0 unspecified atom stereocenters. The lowest BCUT2D eigenvalue weighted by atomic mass is 10.2. The van der Waals surface area contributed by atoms with E-state index in [0.29, 0.717) is 17.0 Å². The van der Waals surface area contributed by atoms with Crippen LogP contribution in [0.1, 0.15) is 25.3 Å². The number of furan rings is 1. The summed E-state index contributed by atoms with van der Waals surface area (Å²) in [6, 6.07) is 13.4. The number of nitrogens with zero attached hydrogens (tertiary/aromatic N) is 3. The van der Waals surface area contributed by atoms with Gasteiger partial charge in [-0.3, -0.25) is 4.40 Å². The van der Waals surface area contributed by atoms with Crippen molar-refractivity contribution in [3.8, 4) is 23.3 Å². The highest BCUT2D eigenvalue weighted by Gasteiger charge is 2.18. The standard InChI is InChI=1S/C21H20N4O2/c1-3-4-8-23-21-20(24-19-10-14(13-22)7-9-25(19)21)18-12-15-11-16(26-2)5-6-17(15)27-18/h5-7,9-12,23H,3-4,8H2,1-2H3. The molecule has 0 aliphatic rings. The number of anilines is 1. The summed E-state index contributed by atoms with van der Waals surface area (Å²) in [5.74, 6) is 2.33. The van der Waals surface area contributed by atoms with E-state index in [9.17, 15) is 5.26 Å². The molecule has 1 aromatic carbocycles. The summed E-state index contributed by atoms with van der Waals surface area (Å²) in [7, 11) is 1.65. The maximum Gasteiger partial charge on any atom is 0.157 e. The highest BCUT2D eigenvalue weighted by molar-refractivity contribution is 5.86. The summed E-state index contributed by atoms with van der Waals surface area (Å²) in [5, 5.41) is 13.6. The molecule has 6 heteroatoms. The van der Waals surface area contributed by atoms with Gasteiger partial charge in [0.15, 0.2) is 5.76 Å². The molecule has 0 aliphatic heterocycles. The van der Waals surface area contributed by atoms with E-state index < -0.39 is 0 Å². The molecule has 0 spiro atoms. The minimum Gasteiger partial charge on any atom is -0.497 e. The first kappa shape index (κ1) is 17.0. The first-order chi connectivity index (χ1) is 13.2. The first-order valence-electron chi connectivity index (χ1n) is 8.97. The molecule has 0 radical (unpaired) electrons. The van der Waals surface area contributed by atoms with Crippen molar-refractivity contribution in [2.75, 3.05) is 19.0 Å². The van der Waals surface area contributed by atoms with Crippen LogP contribution in [0.4, 0.5) is 5.82 Å². The summed E-state index contributed by atoms with van der Waals surface area (Å²) in [6.07, 6.45) is 4.02. The van der Waals surface area contributed by atoms with Gasteiger partial charge in [-0.25, -0.2) is 4.98 Å². The van der Waals surface area contributed by atoms with Gasteiger partial charge in [-0.1, -0.05) is 13.3 Å².